The zero-order valence-electron chi connectivity index (χ0n) is 19.0. The van der Waals surface area contributed by atoms with Gasteiger partial charge in [0.1, 0.15) is 11.7 Å². The Morgan fingerprint density at radius 3 is 1.89 bits per heavy atom. The summed E-state index contributed by atoms with van der Waals surface area (Å²) < 4.78 is 11.5. The molecule has 0 aromatic carbocycles. The average Bonchev–Trinajstić information content (AvgIpc) is 2.56. The van der Waals surface area contributed by atoms with Gasteiger partial charge >= 0.3 is 5.97 Å². The molecule has 0 aliphatic carbocycles. The molecule has 0 aromatic heterocycles. The SMILES string of the molecule is CCOC(=O)C(C)C(=O)CC(=O)[C@H](C)[C@@H](O[Si](C)(C)C(C)(C)C)[C@@H](C)CC. The molecule has 0 saturated carbocycles. The van der Waals surface area contributed by atoms with Crippen LogP contribution in [0.2, 0.25) is 18.1 Å². The predicted molar refractivity (Wildman–Crippen MR) is 111 cm³/mol. The largest absolute Gasteiger partial charge is 0.465 e. The third-order valence-electron chi connectivity index (χ3n) is 5.91. The molecule has 0 radical (unpaired) electrons. The van der Waals surface area contributed by atoms with Crippen LogP contribution in [0.4, 0.5) is 0 Å². The van der Waals surface area contributed by atoms with Gasteiger partial charge in [-0.05, 0) is 37.9 Å². The molecule has 27 heavy (non-hydrogen) atoms. The van der Waals surface area contributed by atoms with Gasteiger partial charge in [0.25, 0.3) is 0 Å². The van der Waals surface area contributed by atoms with Crippen LogP contribution >= 0.6 is 0 Å². The predicted octanol–water partition coefficient (Wildman–Crippen LogP) is 4.79. The molecule has 0 spiro atoms. The van der Waals surface area contributed by atoms with E-state index in [0.29, 0.717) is 0 Å². The number of esters is 1. The summed E-state index contributed by atoms with van der Waals surface area (Å²) in [6, 6.07) is 0. The molecule has 0 amide bonds. The van der Waals surface area contributed by atoms with Crippen molar-refractivity contribution in [3.8, 4) is 0 Å². The molecule has 1 unspecified atom stereocenters. The van der Waals surface area contributed by atoms with Crippen LogP contribution in [0.25, 0.3) is 0 Å². The summed E-state index contributed by atoms with van der Waals surface area (Å²) in [5, 5.41) is 0.0374. The molecular formula is C21H40O5Si. The lowest BCUT2D eigenvalue weighted by atomic mass is 9.86. The van der Waals surface area contributed by atoms with E-state index in [4.69, 9.17) is 9.16 Å². The Hall–Kier alpha value is -1.01. The van der Waals surface area contributed by atoms with E-state index in [1.807, 2.05) is 6.92 Å². The summed E-state index contributed by atoms with van der Waals surface area (Å²) in [4.78, 5) is 36.9. The van der Waals surface area contributed by atoms with Gasteiger partial charge in [-0.2, -0.15) is 0 Å². The molecule has 0 aliphatic rings. The second-order valence-corrected chi connectivity index (χ2v) is 13.9. The Bertz CT molecular complexity index is 521. The summed E-state index contributed by atoms with van der Waals surface area (Å²) in [5.41, 5.74) is 0. The van der Waals surface area contributed by atoms with Gasteiger partial charge in [0.05, 0.1) is 19.1 Å². The molecule has 0 aliphatic heterocycles. The molecule has 0 aromatic rings. The fourth-order valence-corrected chi connectivity index (χ4v) is 4.00. The van der Waals surface area contributed by atoms with Crippen LogP contribution in [-0.4, -0.2) is 38.6 Å². The monoisotopic (exact) mass is 400 g/mol. The molecule has 5 nitrogen and oxygen atoms in total. The first-order valence-electron chi connectivity index (χ1n) is 10.1. The zero-order valence-corrected chi connectivity index (χ0v) is 20.0. The molecule has 0 fully saturated rings. The third kappa shape index (κ3) is 7.49. The minimum absolute atomic E-state index is 0.0374. The Balaban J connectivity index is 5.28. The Kier molecular flexibility index (Phi) is 10.1. The van der Waals surface area contributed by atoms with Crippen LogP contribution in [-0.2, 0) is 23.5 Å². The lowest BCUT2D eigenvalue weighted by Gasteiger charge is -2.42. The molecule has 0 bridgehead atoms. The van der Waals surface area contributed by atoms with Gasteiger partial charge in [0.2, 0.25) is 0 Å². The first-order valence-corrected chi connectivity index (χ1v) is 13.0. The lowest BCUT2D eigenvalue weighted by Crippen LogP contribution is -2.48. The summed E-state index contributed by atoms with van der Waals surface area (Å²) in [6.45, 7) is 20.3. The van der Waals surface area contributed by atoms with E-state index in [1.54, 1.807) is 6.92 Å². The molecule has 6 heteroatoms. The first kappa shape index (κ1) is 26.0. The summed E-state index contributed by atoms with van der Waals surface area (Å²) in [5.74, 6) is -2.23. The fourth-order valence-electron chi connectivity index (χ4n) is 2.53. The van der Waals surface area contributed by atoms with Crippen molar-refractivity contribution in [3.63, 3.8) is 0 Å². The van der Waals surface area contributed by atoms with Gasteiger partial charge in [-0.15, -0.1) is 0 Å². The van der Waals surface area contributed by atoms with Crippen LogP contribution in [0.3, 0.4) is 0 Å². The van der Waals surface area contributed by atoms with E-state index in [2.05, 4.69) is 47.7 Å². The summed E-state index contributed by atoms with van der Waals surface area (Å²) in [7, 11) is -2.06. The van der Waals surface area contributed by atoms with Crippen LogP contribution < -0.4 is 0 Å². The van der Waals surface area contributed by atoms with E-state index < -0.39 is 26.1 Å². The van der Waals surface area contributed by atoms with E-state index in [1.165, 1.54) is 6.92 Å². The molecule has 158 valence electrons. The van der Waals surface area contributed by atoms with Crippen molar-refractivity contribution in [2.75, 3.05) is 6.61 Å². The van der Waals surface area contributed by atoms with Crippen LogP contribution in [0.5, 0.6) is 0 Å². The fraction of sp³-hybridized carbons (Fsp3) is 0.857. The highest BCUT2D eigenvalue weighted by Gasteiger charge is 2.42. The third-order valence-corrected chi connectivity index (χ3v) is 10.4. The van der Waals surface area contributed by atoms with Crippen molar-refractivity contribution in [2.45, 2.75) is 92.5 Å². The Morgan fingerprint density at radius 1 is 0.963 bits per heavy atom. The maximum atomic E-state index is 12.8. The van der Waals surface area contributed by atoms with Gasteiger partial charge in [0.15, 0.2) is 14.1 Å². The second kappa shape index (κ2) is 10.5. The highest BCUT2D eigenvalue weighted by atomic mass is 28.4. The van der Waals surface area contributed by atoms with Crippen molar-refractivity contribution in [1.82, 2.24) is 0 Å². The van der Waals surface area contributed by atoms with Crippen LogP contribution in [0, 0.1) is 17.8 Å². The van der Waals surface area contributed by atoms with E-state index in [9.17, 15) is 14.4 Å². The molecule has 0 N–H and O–H groups in total. The van der Waals surface area contributed by atoms with Crippen LogP contribution in [0.1, 0.15) is 68.2 Å². The minimum Gasteiger partial charge on any atom is -0.465 e. The summed E-state index contributed by atoms with van der Waals surface area (Å²) >= 11 is 0. The molecular weight excluding hydrogens is 360 g/mol. The topological polar surface area (TPSA) is 69.7 Å². The molecule has 4 atom stereocenters. The Morgan fingerprint density at radius 2 is 1.48 bits per heavy atom. The number of carbonyl (C=O) groups excluding carboxylic acids is 3. The standard InChI is InChI=1S/C21H40O5Si/c1-11-14(3)19(26-27(9,10)21(6,7)8)15(4)17(22)13-18(23)16(5)20(24)25-12-2/h14-16,19H,11-13H2,1-10H3/t14-,15-,16?,19-/m0/s1. The number of carbonyl (C=O) groups is 3. The number of rotatable bonds is 11. The Labute approximate surface area is 166 Å². The maximum Gasteiger partial charge on any atom is 0.316 e. The normalized spacial score (nSPS) is 17.0. The van der Waals surface area contributed by atoms with Gasteiger partial charge in [-0.1, -0.05) is 48.0 Å². The number of Topliss-reactive ketones (excluding diaryl/α,β-unsaturated/α-hetero) is 2. The molecule has 0 rings (SSSR count). The minimum atomic E-state index is -2.06. The number of ether oxygens (including phenoxy) is 1. The number of ketones is 2. The van der Waals surface area contributed by atoms with Gasteiger partial charge in [0, 0.05) is 5.92 Å². The molecule has 0 heterocycles. The highest BCUT2D eigenvalue weighted by molar-refractivity contribution is 6.74. The van der Waals surface area contributed by atoms with Gasteiger partial charge in [-0.3, -0.25) is 14.4 Å². The maximum absolute atomic E-state index is 12.8. The number of hydrogen-bond donors (Lipinski definition) is 0. The molecule has 0 saturated heterocycles. The van der Waals surface area contributed by atoms with Crippen LogP contribution in [0.15, 0.2) is 0 Å². The number of hydrogen-bond acceptors (Lipinski definition) is 5. The van der Waals surface area contributed by atoms with Crippen molar-refractivity contribution in [3.05, 3.63) is 0 Å². The smallest absolute Gasteiger partial charge is 0.316 e. The second-order valence-electron chi connectivity index (χ2n) is 9.10. The van der Waals surface area contributed by atoms with Crippen molar-refractivity contribution < 1.29 is 23.5 Å². The van der Waals surface area contributed by atoms with Gasteiger partial charge in [-0.25, -0.2) is 0 Å². The lowest BCUT2D eigenvalue weighted by molar-refractivity contribution is -0.151. The highest BCUT2D eigenvalue weighted by Crippen LogP contribution is 2.39. The summed E-state index contributed by atoms with van der Waals surface area (Å²) in [6.07, 6.45) is 0.410. The van der Waals surface area contributed by atoms with Crippen molar-refractivity contribution in [1.29, 1.82) is 0 Å². The van der Waals surface area contributed by atoms with Crippen molar-refractivity contribution >= 4 is 25.9 Å². The van der Waals surface area contributed by atoms with E-state index in [-0.39, 0.29) is 41.7 Å². The zero-order chi connectivity index (χ0) is 21.6. The van der Waals surface area contributed by atoms with Crippen molar-refractivity contribution in [2.24, 2.45) is 17.8 Å². The average molecular weight is 401 g/mol. The van der Waals surface area contributed by atoms with Gasteiger partial charge < -0.3 is 9.16 Å². The van der Waals surface area contributed by atoms with E-state index in [0.717, 1.165) is 6.42 Å². The van der Waals surface area contributed by atoms with E-state index >= 15 is 0 Å². The quantitative estimate of drug-likeness (QED) is 0.283. The first-order chi connectivity index (χ1) is 12.2.